The molecule has 2 aromatic carbocycles. The number of H-pyrrole nitrogens is 1. The third kappa shape index (κ3) is 5.71. The van der Waals surface area contributed by atoms with Crippen LogP contribution in [-0.2, 0) is 12.4 Å². The van der Waals surface area contributed by atoms with E-state index >= 15 is 0 Å². The van der Waals surface area contributed by atoms with Crippen molar-refractivity contribution in [1.82, 2.24) is 15.0 Å². The Kier molecular flexibility index (Phi) is 7.75. The number of pyridine rings is 1. The fraction of sp³-hybridized carbons (Fsp3) is 0.357. The number of aromatic amines is 1. The highest BCUT2D eigenvalue weighted by atomic mass is 19.4. The molecule has 5 rings (SSSR count). The lowest BCUT2D eigenvalue weighted by Gasteiger charge is -2.42. The van der Waals surface area contributed by atoms with Crippen molar-refractivity contribution in [3.63, 3.8) is 0 Å². The van der Waals surface area contributed by atoms with Crippen molar-refractivity contribution >= 4 is 22.8 Å². The van der Waals surface area contributed by atoms with Crippen LogP contribution in [0.3, 0.4) is 0 Å². The van der Waals surface area contributed by atoms with Gasteiger partial charge in [-0.15, -0.1) is 0 Å². The Morgan fingerprint density at radius 3 is 2.31 bits per heavy atom. The van der Waals surface area contributed by atoms with Gasteiger partial charge in [-0.2, -0.15) is 26.3 Å². The van der Waals surface area contributed by atoms with Crippen molar-refractivity contribution < 1.29 is 39.5 Å². The van der Waals surface area contributed by atoms with Gasteiger partial charge in [-0.25, -0.2) is 23.1 Å². The number of unbranched alkanes of at least 4 members (excludes halogenated alkanes) is 1. The Morgan fingerprint density at radius 1 is 0.952 bits per heavy atom. The minimum atomic E-state index is -4.83. The Hall–Kier alpha value is -3.97. The van der Waals surface area contributed by atoms with E-state index in [-0.39, 0.29) is 53.6 Å². The van der Waals surface area contributed by atoms with Crippen LogP contribution >= 0.6 is 0 Å². The van der Waals surface area contributed by atoms with Gasteiger partial charge in [0.2, 0.25) is 5.95 Å². The van der Waals surface area contributed by atoms with Gasteiger partial charge in [-0.3, -0.25) is 0 Å². The summed E-state index contributed by atoms with van der Waals surface area (Å²) in [4.78, 5) is 14.6. The number of nitrogens with zero attached hydrogens (tertiary/aromatic N) is 4. The number of anilines is 2. The van der Waals surface area contributed by atoms with Crippen LogP contribution < -0.4 is 9.80 Å². The third-order valence-corrected chi connectivity index (χ3v) is 7.24. The summed E-state index contributed by atoms with van der Waals surface area (Å²) >= 11 is 0. The summed E-state index contributed by atoms with van der Waals surface area (Å²) in [5.41, 5.74) is -2.71. The van der Waals surface area contributed by atoms with Gasteiger partial charge >= 0.3 is 12.4 Å². The molecule has 0 saturated carbocycles. The quantitative estimate of drug-likeness (QED) is 0.180. The maximum absolute atomic E-state index is 14.1. The normalized spacial score (nSPS) is 16.5. The average molecular weight is 602 g/mol. The van der Waals surface area contributed by atoms with E-state index in [1.54, 1.807) is 4.90 Å². The minimum Gasteiger partial charge on any atom is -0.352 e. The Bertz CT molecular complexity index is 1570. The van der Waals surface area contributed by atoms with Crippen molar-refractivity contribution in [3.8, 4) is 11.1 Å². The highest BCUT2D eigenvalue weighted by molar-refractivity contribution is 5.94. The van der Waals surface area contributed by atoms with Gasteiger partial charge in [0.05, 0.1) is 22.2 Å². The molecule has 1 aliphatic rings. The summed E-state index contributed by atoms with van der Waals surface area (Å²) in [6.07, 6.45) is -6.15. The maximum atomic E-state index is 14.1. The standard InChI is InChI=1S/C28H24F9N5/c1-2-3-5-17-14-41(25-19(28(35,36)37)6-4-7-38-25)8-9-42(17)26-39-22-13-16(27(32,33)34)12-18(24(22)40-26)15-10-20(29)23(31)21(30)11-15/h4,6-7,10-13,17H,2-3,5,8-9,14H2,1H3,(H,39,40)/t17-/m1/s1. The second-order valence-electron chi connectivity index (χ2n) is 10.0. The molecule has 1 aliphatic heterocycles. The molecule has 0 aliphatic carbocycles. The summed E-state index contributed by atoms with van der Waals surface area (Å²) < 4.78 is 124. The van der Waals surface area contributed by atoms with Crippen LogP contribution in [0.15, 0.2) is 42.6 Å². The molecule has 1 fully saturated rings. The van der Waals surface area contributed by atoms with Crippen molar-refractivity contribution in [2.75, 3.05) is 29.4 Å². The Balaban J connectivity index is 1.57. The summed E-state index contributed by atoms with van der Waals surface area (Å²) in [5.74, 6) is -4.97. The SMILES string of the molecule is CCCC[C@@H]1CN(c2ncccc2C(F)(F)F)CCN1c1nc2cc(C(F)(F)F)cc(-c3cc(F)c(F)c(F)c3)c2[nH]1. The zero-order valence-electron chi connectivity index (χ0n) is 22.1. The van der Waals surface area contributed by atoms with Gasteiger partial charge in [0.1, 0.15) is 5.82 Å². The summed E-state index contributed by atoms with van der Waals surface area (Å²) in [7, 11) is 0. The number of imidazole rings is 1. The molecule has 2 aromatic heterocycles. The molecule has 42 heavy (non-hydrogen) atoms. The van der Waals surface area contributed by atoms with Crippen molar-refractivity contribution in [2.45, 2.75) is 44.6 Å². The lowest BCUT2D eigenvalue weighted by atomic mass is 10.0. The lowest BCUT2D eigenvalue weighted by molar-refractivity contribution is -0.138. The van der Waals surface area contributed by atoms with Gasteiger partial charge in [-0.05, 0) is 48.4 Å². The summed E-state index contributed by atoms with van der Waals surface area (Å²) in [6.45, 7) is 2.34. The molecule has 4 aromatic rings. The number of benzene rings is 2. The highest BCUT2D eigenvalue weighted by Crippen LogP contribution is 2.40. The van der Waals surface area contributed by atoms with E-state index in [1.807, 2.05) is 6.92 Å². The van der Waals surface area contributed by atoms with Gasteiger partial charge in [0.15, 0.2) is 17.5 Å². The van der Waals surface area contributed by atoms with E-state index in [1.165, 1.54) is 17.2 Å². The molecule has 3 heterocycles. The molecule has 224 valence electrons. The van der Waals surface area contributed by atoms with Crippen LogP contribution in [0.2, 0.25) is 0 Å². The molecule has 1 saturated heterocycles. The maximum Gasteiger partial charge on any atom is 0.419 e. The van der Waals surface area contributed by atoms with E-state index in [9.17, 15) is 39.5 Å². The first kappa shape index (κ1) is 29.5. The smallest absolute Gasteiger partial charge is 0.352 e. The predicted molar refractivity (Wildman–Crippen MR) is 139 cm³/mol. The van der Waals surface area contributed by atoms with Crippen LogP contribution in [0, 0.1) is 17.5 Å². The first-order valence-corrected chi connectivity index (χ1v) is 13.1. The number of hydrogen-bond acceptors (Lipinski definition) is 4. The molecule has 0 radical (unpaired) electrons. The van der Waals surface area contributed by atoms with Crippen LogP contribution in [0.4, 0.5) is 51.3 Å². The number of nitrogens with one attached hydrogen (secondary N) is 1. The monoisotopic (exact) mass is 601 g/mol. The number of piperazine rings is 1. The molecule has 5 nitrogen and oxygen atoms in total. The number of hydrogen-bond donors (Lipinski definition) is 1. The van der Waals surface area contributed by atoms with E-state index in [2.05, 4.69) is 15.0 Å². The molecular weight excluding hydrogens is 577 g/mol. The van der Waals surface area contributed by atoms with E-state index in [0.717, 1.165) is 18.6 Å². The van der Waals surface area contributed by atoms with Crippen LogP contribution in [-0.4, -0.2) is 40.6 Å². The van der Waals surface area contributed by atoms with Crippen molar-refractivity contribution in [3.05, 3.63) is 71.2 Å². The zero-order chi connectivity index (χ0) is 30.4. The fourth-order valence-corrected chi connectivity index (χ4v) is 5.22. The van der Waals surface area contributed by atoms with Gasteiger partial charge in [0.25, 0.3) is 0 Å². The van der Waals surface area contributed by atoms with Crippen LogP contribution in [0.1, 0.15) is 37.3 Å². The van der Waals surface area contributed by atoms with Gasteiger partial charge in [-0.1, -0.05) is 19.8 Å². The molecule has 14 heteroatoms. The fourth-order valence-electron chi connectivity index (χ4n) is 5.22. The molecular formula is C28H24F9N5. The number of fused-ring (bicyclic) bond motifs is 1. The molecule has 0 unspecified atom stereocenters. The van der Waals surface area contributed by atoms with Crippen LogP contribution in [0.5, 0.6) is 0 Å². The second kappa shape index (κ2) is 11.0. The molecule has 0 bridgehead atoms. The lowest BCUT2D eigenvalue weighted by Crippen LogP contribution is -2.54. The third-order valence-electron chi connectivity index (χ3n) is 7.24. The molecule has 0 amide bonds. The molecule has 1 N–H and O–H groups in total. The van der Waals surface area contributed by atoms with Gasteiger partial charge < -0.3 is 14.8 Å². The largest absolute Gasteiger partial charge is 0.419 e. The number of halogens is 9. The molecule has 0 spiro atoms. The van der Waals surface area contributed by atoms with Gasteiger partial charge in [0, 0.05) is 37.4 Å². The first-order chi connectivity index (χ1) is 19.8. The average Bonchev–Trinajstić information content (AvgIpc) is 3.37. The Labute approximate surface area is 234 Å². The molecule has 1 atom stereocenters. The summed E-state index contributed by atoms with van der Waals surface area (Å²) in [5, 5.41) is 0. The van der Waals surface area contributed by atoms with Crippen molar-refractivity contribution in [1.29, 1.82) is 0 Å². The zero-order valence-corrected chi connectivity index (χ0v) is 22.1. The minimum absolute atomic E-state index is 0.0316. The van der Waals surface area contributed by atoms with E-state index in [4.69, 9.17) is 0 Å². The van der Waals surface area contributed by atoms with E-state index < -0.39 is 47.0 Å². The predicted octanol–water partition coefficient (Wildman–Crippen LogP) is 7.97. The number of aromatic nitrogens is 3. The van der Waals surface area contributed by atoms with Crippen molar-refractivity contribution in [2.24, 2.45) is 0 Å². The second-order valence-corrected chi connectivity index (χ2v) is 10.0. The number of rotatable bonds is 6. The van der Waals surface area contributed by atoms with E-state index in [0.29, 0.717) is 31.0 Å². The topological polar surface area (TPSA) is 48.1 Å². The first-order valence-electron chi connectivity index (χ1n) is 13.1. The Morgan fingerprint density at radius 2 is 1.67 bits per heavy atom. The van der Waals surface area contributed by atoms with Crippen LogP contribution in [0.25, 0.3) is 22.2 Å². The number of alkyl halides is 6. The highest BCUT2D eigenvalue weighted by Gasteiger charge is 2.38. The summed E-state index contributed by atoms with van der Waals surface area (Å²) in [6, 6.07) is 4.45.